The lowest BCUT2D eigenvalue weighted by atomic mass is 10.1. The van der Waals surface area contributed by atoms with Gasteiger partial charge in [0.15, 0.2) is 4.67 Å². The molecule has 0 saturated carbocycles. The number of aromatic nitrogens is 2. The van der Waals surface area contributed by atoms with Gasteiger partial charge in [-0.05, 0) is 33.6 Å². The van der Waals surface area contributed by atoms with Gasteiger partial charge in [0.1, 0.15) is 17.9 Å². The maximum Gasteiger partial charge on any atom is 0.233 e. The molecule has 0 aliphatic carbocycles. The van der Waals surface area contributed by atoms with Gasteiger partial charge in [0.2, 0.25) is 5.71 Å². The molecule has 0 aliphatic rings. The maximum atomic E-state index is 5.91. The van der Waals surface area contributed by atoms with Crippen LogP contribution in [0.4, 0.5) is 5.82 Å². The Bertz CT molecular complexity index is 737. The molecule has 0 atom stereocenters. The van der Waals surface area contributed by atoms with Gasteiger partial charge in [0.25, 0.3) is 0 Å². The first-order chi connectivity index (χ1) is 9.20. The molecule has 3 rings (SSSR count). The normalized spacial score (nSPS) is 10.8. The molecule has 2 heterocycles. The van der Waals surface area contributed by atoms with Crippen molar-refractivity contribution >= 4 is 32.8 Å². The molecule has 0 spiro atoms. The van der Waals surface area contributed by atoms with Crippen LogP contribution >= 0.6 is 15.9 Å². The quantitative estimate of drug-likeness (QED) is 0.784. The second-order valence-electron chi connectivity index (χ2n) is 3.92. The molecule has 0 saturated heterocycles. The average Bonchev–Trinajstić information content (AvgIpc) is 2.76. The highest BCUT2D eigenvalue weighted by molar-refractivity contribution is 9.10. The van der Waals surface area contributed by atoms with Crippen LogP contribution in [-0.4, -0.2) is 17.1 Å². The standard InChI is InChI=1S/C13H10BrN3O2/c1-18-8-4-2-7(3-5-8)9-10-12(15)16-6-17-13(10)19-11(9)14/h2-6H,1H3,(H2,15,16,17). The summed E-state index contributed by atoms with van der Waals surface area (Å²) in [5.74, 6) is 1.18. The summed E-state index contributed by atoms with van der Waals surface area (Å²) in [5.41, 5.74) is 8.17. The maximum absolute atomic E-state index is 5.91. The first-order valence-corrected chi connectivity index (χ1v) is 6.33. The lowest BCUT2D eigenvalue weighted by Gasteiger charge is -2.03. The van der Waals surface area contributed by atoms with Crippen molar-refractivity contribution in [3.8, 4) is 16.9 Å². The zero-order valence-corrected chi connectivity index (χ0v) is 11.6. The number of rotatable bonds is 2. The minimum Gasteiger partial charge on any atom is -0.497 e. The Morgan fingerprint density at radius 3 is 2.63 bits per heavy atom. The highest BCUT2D eigenvalue weighted by Crippen LogP contribution is 2.39. The lowest BCUT2D eigenvalue weighted by molar-refractivity contribution is 0.415. The second kappa shape index (κ2) is 4.55. The van der Waals surface area contributed by atoms with Crippen LogP contribution in [0, 0.1) is 0 Å². The largest absolute Gasteiger partial charge is 0.497 e. The van der Waals surface area contributed by atoms with Crippen molar-refractivity contribution in [3.63, 3.8) is 0 Å². The Labute approximate surface area is 117 Å². The van der Waals surface area contributed by atoms with E-state index in [1.54, 1.807) is 7.11 Å². The van der Waals surface area contributed by atoms with Gasteiger partial charge in [-0.1, -0.05) is 12.1 Å². The molecule has 0 unspecified atom stereocenters. The summed E-state index contributed by atoms with van der Waals surface area (Å²) in [6.45, 7) is 0. The van der Waals surface area contributed by atoms with E-state index in [4.69, 9.17) is 14.9 Å². The molecule has 0 amide bonds. The molecular weight excluding hydrogens is 310 g/mol. The fraction of sp³-hybridized carbons (Fsp3) is 0.0769. The molecule has 6 heteroatoms. The van der Waals surface area contributed by atoms with Crippen molar-refractivity contribution in [3.05, 3.63) is 35.3 Å². The Morgan fingerprint density at radius 2 is 1.95 bits per heavy atom. The number of furan rings is 1. The fourth-order valence-electron chi connectivity index (χ4n) is 1.94. The first kappa shape index (κ1) is 12.0. The number of methoxy groups -OCH3 is 1. The Morgan fingerprint density at radius 1 is 1.21 bits per heavy atom. The van der Waals surface area contributed by atoms with Crippen LogP contribution in [0.15, 0.2) is 39.7 Å². The van der Waals surface area contributed by atoms with Gasteiger partial charge >= 0.3 is 0 Å². The van der Waals surface area contributed by atoms with Gasteiger partial charge in [-0.3, -0.25) is 0 Å². The van der Waals surface area contributed by atoms with Gasteiger partial charge in [0.05, 0.1) is 12.5 Å². The zero-order valence-electron chi connectivity index (χ0n) is 10.1. The molecule has 0 aliphatic heterocycles. The Hall–Kier alpha value is -2.08. The van der Waals surface area contributed by atoms with Gasteiger partial charge in [-0.25, -0.2) is 9.97 Å². The van der Waals surface area contributed by atoms with E-state index in [0.717, 1.165) is 16.9 Å². The molecule has 96 valence electrons. The first-order valence-electron chi connectivity index (χ1n) is 5.53. The number of anilines is 1. The van der Waals surface area contributed by atoms with Crippen LogP contribution in [0.3, 0.4) is 0 Å². The van der Waals surface area contributed by atoms with Crippen LogP contribution in [0.2, 0.25) is 0 Å². The predicted octanol–water partition coefficient (Wildman–Crippen LogP) is 3.24. The van der Waals surface area contributed by atoms with Crippen LogP contribution in [0.25, 0.3) is 22.2 Å². The van der Waals surface area contributed by atoms with Crippen LogP contribution < -0.4 is 10.5 Å². The summed E-state index contributed by atoms with van der Waals surface area (Å²) < 4.78 is 11.3. The third kappa shape index (κ3) is 1.94. The number of hydrogen-bond donors (Lipinski definition) is 1. The summed E-state index contributed by atoms with van der Waals surface area (Å²) in [5, 5.41) is 0.708. The average molecular weight is 320 g/mol. The van der Waals surface area contributed by atoms with Gasteiger partial charge in [-0.2, -0.15) is 0 Å². The third-order valence-electron chi connectivity index (χ3n) is 2.85. The highest BCUT2D eigenvalue weighted by atomic mass is 79.9. The van der Waals surface area contributed by atoms with E-state index in [1.807, 2.05) is 24.3 Å². The fourth-order valence-corrected chi connectivity index (χ4v) is 2.52. The summed E-state index contributed by atoms with van der Waals surface area (Å²) >= 11 is 3.39. The molecule has 0 fully saturated rings. The molecule has 0 bridgehead atoms. The van der Waals surface area contributed by atoms with Crippen LogP contribution in [0.1, 0.15) is 0 Å². The number of nitrogens with zero attached hydrogens (tertiary/aromatic N) is 2. The predicted molar refractivity (Wildman–Crippen MR) is 75.9 cm³/mol. The van der Waals surface area contributed by atoms with E-state index in [0.29, 0.717) is 21.6 Å². The van der Waals surface area contributed by atoms with E-state index >= 15 is 0 Å². The van der Waals surface area contributed by atoms with Crippen molar-refractivity contribution in [2.24, 2.45) is 0 Å². The van der Waals surface area contributed by atoms with Crippen molar-refractivity contribution in [2.45, 2.75) is 0 Å². The van der Waals surface area contributed by atoms with E-state index < -0.39 is 0 Å². The smallest absolute Gasteiger partial charge is 0.233 e. The van der Waals surface area contributed by atoms with Gasteiger partial charge < -0.3 is 14.9 Å². The number of fused-ring (bicyclic) bond motifs is 1. The molecule has 0 radical (unpaired) electrons. The SMILES string of the molecule is COc1ccc(-c2c(Br)oc3ncnc(N)c23)cc1. The summed E-state index contributed by atoms with van der Waals surface area (Å²) in [4.78, 5) is 8.07. The van der Waals surface area contributed by atoms with Crippen molar-refractivity contribution in [1.29, 1.82) is 0 Å². The number of benzene rings is 1. The molecule has 19 heavy (non-hydrogen) atoms. The number of halogens is 1. The molecule has 5 nitrogen and oxygen atoms in total. The monoisotopic (exact) mass is 319 g/mol. The molecule has 2 aromatic heterocycles. The summed E-state index contributed by atoms with van der Waals surface area (Å²) in [6.07, 6.45) is 1.38. The van der Waals surface area contributed by atoms with Crippen molar-refractivity contribution in [2.75, 3.05) is 12.8 Å². The van der Waals surface area contributed by atoms with E-state index in [9.17, 15) is 0 Å². The number of ether oxygens (including phenoxy) is 1. The number of nitrogens with two attached hydrogens (primary N) is 1. The molecule has 1 aromatic carbocycles. The van der Waals surface area contributed by atoms with E-state index in [-0.39, 0.29) is 0 Å². The minimum atomic E-state index is 0.394. The Balaban J connectivity index is 2.26. The van der Waals surface area contributed by atoms with E-state index in [2.05, 4.69) is 25.9 Å². The van der Waals surface area contributed by atoms with Gasteiger partial charge in [-0.15, -0.1) is 0 Å². The second-order valence-corrected chi connectivity index (χ2v) is 4.64. The molecule has 3 aromatic rings. The lowest BCUT2D eigenvalue weighted by Crippen LogP contribution is -1.92. The number of hydrogen-bond acceptors (Lipinski definition) is 5. The molecular formula is C13H10BrN3O2. The van der Waals surface area contributed by atoms with Crippen molar-refractivity contribution in [1.82, 2.24) is 9.97 Å². The van der Waals surface area contributed by atoms with Gasteiger partial charge in [0, 0.05) is 5.56 Å². The molecule has 2 N–H and O–H groups in total. The van der Waals surface area contributed by atoms with Crippen molar-refractivity contribution < 1.29 is 9.15 Å². The van der Waals surface area contributed by atoms with Crippen LogP contribution in [-0.2, 0) is 0 Å². The topological polar surface area (TPSA) is 74.2 Å². The summed E-state index contributed by atoms with van der Waals surface area (Å²) in [7, 11) is 1.63. The number of nitrogen functional groups attached to an aromatic ring is 1. The highest BCUT2D eigenvalue weighted by Gasteiger charge is 2.18. The zero-order chi connectivity index (χ0) is 13.4. The third-order valence-corrected chi connectivity index (χ3v) is 3.41. The van der Waals surface area contributed by atoms with E-state index in [1.165, 1.54) is 6.33 Å². The summed E-state index contributed by atoms with van der Waals surface area (Å²) in [6, 6.07) is 7.61. The Kier molecular flexibility index (Phi) is 2.87. The van der Waals surface area contributed by atoms with Crippen LogP contribution in [0.5, 0.6) is 5.75 Å². The minimum absolute atomic E-state index is 0.394.